The topological polar surface area (TPSA) is 106 Å². The molecule has 0 saturated heterocycles. The number of hydrogen-bond donors (Lipinski definition) is 2. The van der Waals surface area contributed by atoms with Crippen LogP contribution < -0.4 is 10.6 Å². The van der Waals surface area contributed by atoms with Crippen molar-refractivity contribution < 1.29 is 9.59 Å². The van der Waals surface area contributed by atoms with E-state index in [4.69, 9.17) is 11.6 Å². The van der Waals surface area contributed by atoms with Gasteiger partial charge in [0.25, 0.3) is 11.8 Å². The fraction of sp³-hybridized carbons (Fsp3) is 0.105. The molecule has 0 bridgehead atoms. The third-order valence-electron chi connectivity index (χ3n) is 4.41. The Hall–Kier alpha value is -3.24. The van der Waals surface area contributed by atoms with Crippen molar-refractivity contribution in [3.63, 3.8) is 0 Å². The number of hydrogen-bond acceptors (Lipinski definition) is 5. The number of carbonyl (C=O) groups is 2. The smallest absolute Gasteiger partial charge is 0.274 e. The van der Waals surface area contributed by atoms with E-state index in [2.05, 4.69) is 41.7 Å². The number of nitrogens with one attached hydrogen (secondary N) is 2. The molecule has 152 valence electrons. The molecule has 4 rings (SSSR count). The molecule has 11 heteroatoms. The van der Waals surface area contributed by atoms with Gasteiger partial charge in [0.15, 0.2) is 11.5 Å². The van der Waals surface area contributed by atoms with Crippen LogP contribution in [0.5, 0.6) is 0 Å². The number of aromatic nitrogens is 5. The van der Waals surface area contributed by atoms with E-state index < -0.39 is 5.91 Å². The van der Waals surface area contributed by atoms with Gasteiger partial charge in [-0.15, -0.1) is 0 Å². The zero-order valence-electron chi connectivity index (χ0n) is 15.8. The molecule has 2 N–H and O–H groups in total. The first-order valence-electron chi connectivity index (χ1n) is 8.78. The standard InChI is InChI=1S/C19H15BrClN7O2/c1-10-8-11-5-7-24-27(11)16(19(30)22-2)15(10)25-18(29)13-9-14(20)26-28(13)17-12(21)4-3-6-23-17/h3-9H,1-2H3,(H,22,30)(H,25,29). The summed E-state index contributed by atoms with van der Waals surface area (Å²) in [6.07, 6.45) is 3.14. The second-order valence-electron chi connectivity index (χ2n) is 6.33. The predicted molar refractivity (Wildman–Crippen MR) is 115 cm³/mol. The molecule has 0 spiro atoms. The number of anilines is 1. The fourth-order valence-electron chi connectivity index (χ4n) is 3.07. The molecule has 0 radical (unpaired) electrons. The molecule has 4 aromatic rings. The van der Waals surface area contributed by atoms with E-state index in [1.165, 1.54) is 16.2 Å². The molecule has 2 amide bonds. The van der Waals surface area contributed by atoms with Crippen molar-refractivity contribution >= 4 is 50.5 Å². The highest BCUT2D eigenvalue weighted by atomic mass is 79.9. The van der Waals surface area contributed by atoms with Crippen molar-refractivity contribution in [3.8, 4) is 5.82 Å². The molecule has 9 nitrogen and oxygen atoms in total. The number of nitrogens with zero attached hydrogens (tertiary/aromatic N) is 5. The number of amides is 2. The zero-order chi connectivity index (χ0) is 21.4. The lowest BCUT2D eigenvalue weighted by Crippen LogP contribution is -2.26. The summed E-state index contributed by atoms with van der Waals surface area (Å²) < 4.78 is 3.24. The lowest BCUT2D eigenvalue weighted by atomic mass is 10.1. The lowest BCUT2D eigenvalue weighted by Gasteiger charge is -2.15. The molecule has 0 aliphatic carbocycles. The van der Waals surface area contributed by atoms with Crippen LogP contribution in [0, 0.1) is 6.92 Å². The van der Waals surface area contributed by atoms with E-state index in [0.29, 0.717) is 26.7 Å². The molecular formula is C19H15BrClN7O2. The van der Waals surface area contributed by atoms with Crippen LogP contribution in [-0.2, 0) is 0 Å². The molecule has 0 atom stereocenters. The number of rotatable bonds is 4. The van der Waals surface area contributed by atoms with Gasteiger partial charge < -0.3 is 10.6 Å². The minimum absolute atomic E-state index is 0.185. The maximum atomic E-state index is 13.2. The van der Waals surface area contributed by atoms with E-state index in [9.17, 15) is 9.59 Å². The summed E-state index contributed by atoms with van der Waals surface area (Å²) in [5.74, 6) is -0.569. The molecular weight excluding hydrogens is 474 g/mol. The van der Waals surface area contributed by atoms with E-state index in [-0.39, 0.29) is 17.3 Å². The number of aryl methyl sites for hydroxylation is 1. The number of pyridine rings is 2. The number of carbonyl (C=O) groups excluding carboxylic acids is 2. The average Bonchev–Trinajstić information content (AvgIpc) is 3.34. The molecule has 0 fully saturated rings. The molecule has 0 aliphatic rings. The van der Waals surface area contributed by atoms with Gasteiger partial charge in [0, 0.05) is 19.3 Å². The third kappa shape index (κ3) is 3.44. The molecule has 4 aromatic heterocycles. The normalized spacial score (nSPS) is 10.9. The van der Waals surface area contributed by atoms with Crippen molar-refractivity contribution in [2.45, 2.75) is 6.92 Å². The summed E-state index contributed by atoms with van der Waals surface area (Å²) in [7, 11) is 1.51. The van der Waals surface area contributed by atoms with E-state index in [1.807, 2.05) is 6.07 Å². The highest BCUT2D eigenvalue weighted by Gasteiger charge is 2.23. The van der Waals surface area contributed by atoms with Gasteiger partial charge in [0.1, 0.15) is 10.3 Å². The minimum Gasteiger partial charge on any atom is -0.354 e. The van der Waals surface area contributed by atoms with Gasteiger partial charge in [-0.25, -0.2) is 14.2 Å². The van der Waals surface area contributed by atoms with Gasteiger partial charge in [-0.3, -0.25) is 9.59 Å². The molecule has 0 saturated carbocycles. The summed E-state index contributed by atoms with van der Waals surface area (Å²) >= 11 is 9.52. The van der Waals surface area contributed by atoms with Gasteiger partial charge in [0.05, 0.1) is 22.4 Å². The number of fused-ring (bicyclic) bond motifs is 1. The summed E-state index contributed by atoms with van der Waals surface area (Å²) in [6.45, 7) is 1.80. The predicted octanol–water partition coefficient (Wildman–Crippen LogP) is 3.25. The first-order valence-corrected chi connectivity index (χ1v) is 9.95. The summed E-state index contributed by atoms with van der Waals surface area (Å²) in [5.41, 5.74) is 2.18. The van der Waals surface area contributed by atoms with Crippen LogP contribution in [0.4, 0.5) is 5.69 Å². The first kappa shape index (κ1) is 20.0. The highest BCUT2D eigenvalue weighted by molar-refractivity contribution is 9.10. The van der Waals surface area contributed by atoms with Crippen LogP contribution in [-0.4, -0.2) is 43.2 Å². The van der Waals surface area contributed by atoms with Crippen LogP contribution in [0.15, 0.2) is 47.3 Å². The quantitative estimate of drug-likeness (QED) is 0.459. The zero-order valence-corrected chi connectivity index (χ0v) is 18.2. The number of halogens is 2. The largest absolute Gasteiger partial charge is 0.354 e. The van der Waals surface area contributed by atoms with Crippen molar-refractivity contribution in [1.82, 2.24) is 29.7 Å². The van der Waals surface area contributed by atoms with Gasteiger partial charge in [-0.1, -0.05) is 11.6 Å². The minimum atomic E-state index is -0.491. The van der Waals surface area contributed by atoms with Crippen LogP contribution in [0.1, 0.15) is 26.5 Å². The first-order chi connectivity index (χ1) is 14.4. The Bertz CT molecular complexity index is 1300. The Morgan fingerprint density at radius 1 is 1.17 bits per heavy atom. The maximum Gasteiger partial charge on any atom is 0.274 e. The maximum absolute atomic E-state index is 13.2. The third-order valence-corrected chi connectivity index (χ3v) is 5.09. The Kier molecular flexibility index (Phi) is 5.27. The van der Waals surface area contributed by atoms with Gasteiger partial charge in [-0.2, -0.15) is 10.2 Å². The molecule has 30 heavy (non-hydrogen) atoms. The summed E-state index contributed by atoms with van der Waals surface area (Å²) in [6, 6.07) is 8.49. The van der Waals surface area contributed by atoms with Crippen LogP contribution in [0.2, 0.25) is 5.02 Å². The van der Waals surface area contributed by atoms with Crippen LogP contribution >= 0.6 is 27.5 Å². The molecule has 4 heterocycles. The SMILES string of the molecule is CNC(=O)c1c(NC(=O)c2cc(Br)nn2-c2ncccc2Cl)c(C)cc2ccnn12. The summed E-state index contributed by atoms with van der Waals surface area (Å²) in [4.78, 5) is 30.0. The molecule has 0 aromatic carbocycles. The average molecular weight is 489 g/mol. The van der Waals surface area contributed by atoms with Crippen molar-refractivity contribution in [3.05, 3.63) is 69.3 Å². The summed E-state index contributed by atoms with van der Waals surface area (Å²) in [5, 5.41) is 14.2. The second-order valence-corrected chi connectivity index (χ2v) is 7.54. The Morgan fingerprint density at radius 2 is 1.97 bits per heavy atom. The van der Waals surface area contributed by atoms with Gasteiger partial charge in [-0.05, 0) is 52.7 Å². The second kappa shape index (κ2) is 7.88. The van der Waals surface area contributed by atoms with Crippen LogP contribution in [0.25, 0.3) is 11.3 Å². The van der Waals surface area contributed by atoms with E-state index in [0.717, 1.165) is 5.52 Å². The highest BCUT2D eigenvalue weighted by Crippen LogP contribution is 2.26. The lowest BCUT2D eigenvalue weighted by molar-refractivity contribution is 0.0956. The van der Waals surface area contributed by atoms with Crippen LogP contribution in [0.3, 0.4) is 0 Å². The van der Waals surface area contributed by atoms with E-state index in [1.54, 1.807) is 43.6 Å². The Morgan fingerprint density at radius 3 is 2.70 bits per heavy atom. The van der Waals surface area contributed by atoms with E-state index >= 15 is 0 Å². The van der Waals surface area contributed by atoms with Crippen molar-refractivity contribution in [1.29, 1.82) is 0 Å². The molecule has 0 aliphatic heterocycles. The fourth-order valence-corrected chi connectivity index (χ4v) is 3.65. The Balaban J connectivity index is 1.81. The molecule has 0 unspecified atom stereocenters. The Labute approximate surface area is 184 Å². The van der Waals surface area contributed by atoms with Crippen molar-refractivity contribution in [2.24, 2.45) is 0 Å². The van der Waals surface area contributed by atoms with Crippen molar-refractivity contribution in [2.75, 3.05) is 12.4 Å². The van der Waals surface area contributed by atoms with Gasteiger partial charge in [0.2, 0.25) is 0 Å². The van der Waals surface area contributed by atoms with Gasteiger partial charge >= 0.3 is 0 Å². The monoisotopic (exact) mass is 487 g/mol.